The first-order valence-electron chi connectivity index (χ1n) is 12.7. The molecule has 4 rings (SSSR count). The number of carbonyl (C=O) groups is 2. The van der Waals surface area contributed by atoms with Gasteiger partial charge >= 0.3 is 5.97 Å². The highest BCUT2D eigenvalue weighted by Gasteiger charge is 2.35. The standard InChI is InChI=1S/C29H33N5O3/c1-37-29(36)26-15-25(19-33(20-26)14-12-22-5-3-2-4-6-22)28(35)32-13-11-27-17-31-21-34(27)18-24-9-7-23(16-30)8-10-24/h2-10,17,21,25-26H,11-15,18-20H2,1H3,(H,32,35). The zero-order valence-electron chi connectivity index (χ0n) is 21.2. The van der Waals surface area contributed by atoms with Crippen molar-refractivity contribution in [2.75, 3.05) is 33.3 Å². The van der Waals surface area contributed by atoms with Crippen molar-refractivity contribution in [3.63, 3.8) is 0 Å². The number of aromatic nitrogens is 2. The lowest BCUT2D eigenvalue weighted by Crippen LogP contribution is -2.49. The Morgan fingerprint density at radius 2 is 1.81 bits per heavy atom. The van der Waals surface area contributed by atoms with E-state index >= 15 is 0 Å². The number of nitrogens with zero attached hydrogens (tertiary/aromatic N) is 4. The van der Waals surface area contributed by atoms with Crippen molar-refractivity contribution in [1.29, 1.82) is 5.26 Å². The van der Waals surface area contributed by atoms with Crippen molar-refractivity contribution in [3.05, 3.63) is 89.5 Å². The summed E-state index contributed by atoms with van der Waals surface area (Å²) >= 11 is 0. The number of nitriles is 1. The van der Waals surface area contributed by atoms with Gasteiger partial charge in [0.15, 0.2) is 0 Å². The van der Waals surface area contributed by atoms with Crippen molar-refractivity contribution >= 4 is 11.9 Å². The number of amides is 1. The van der Waals surface area contributed by atoms with Crippen LogP contribution in [0.1, 0.15) is 28.8 Å². The van der Waals surface area contributed by atoms with Crippen LogP contribution in [-0.4, -0.2) is 59.6 Å². The summed E-state index contributed by atoms with van der Waals surface area (Å²) in [6.07, 6.45) is 5.60. The quantitative estimate of drug-likeness (QED) is 0.431. The molecule has 3 aromatic rings. The molecular formula is C29H33N5O3. The number of piperidine rings is 1. The van der Waals surface area contributed by atoms with Crippen molar-refractivity contribution < 1.29 is 14.3 Å². The van der Waals surface area contributed by atoms with Crippen LogP contribution >= 0.6 is 0 Å². The molecule has 1 aliphatic rings. The van der Waals surface area contributed by atoms with Crippen LogP contribution in [0.3, 0.4) is 0 Å². The van der Waals surface area contributed by atoms with Crippen LogP contribution in [0.2, 0.25) is 0 Å². The molecule has 1 aromatic heterocycles. The molecule has 2 unspecified atom stereocenters. The van der Waals surface area contributed by atoms with Crippen LogP contribution in [0.25, 0.3) is 0 Å². The van der Waals surface area contributed by atoms with E-state index in [-0.39, 0.29) is 23.7 Å². The molecule has 0 saturated carbocycles. The fourth-order valence-electron chi connectivity index (χ4n) is 4.87. The van der Waals surface area contributed by atoms with Crippen molar-refractivity contribution in [2.45, 2.75) is 25.8 Å². The van der Waals surface area contributed by atoms with Crippen LogP contribution < -0.4 is 5.32 Å². The van der Waals surface area contributed by atoms with Gasteiger partial charge in [0.05, 0.1) is 36.9 Å². The maximum absolute atomic E-state index is 13.1. The first kappa shape index (κ1) is 26.1. The van der Waals surface area contributed by atoms with Crippen LogP contribution in [-0.2, 0) is 33.7 Å². The third-order valence-electron chi connectivity index (χ3n) is 6.91. The first-order chi connectivity index (χ1) is 18.1. The Hall–Kier alpha value is -3.96. The number of hydrogen-bond acceptors (Lipinski definition) is 6. The fourth-order valence-corrected chi connectivity index (χ4v) is 4.87. The van der Waals surface area contributed by atoms with E-state index in [1.165, 1.54) is 12.7 Å². The number of nitrogens with one attached hydrogen (secondary N) is 1. The zero-order chi connectivity index (χ0) is 26.0. The maximum Gasteiger partial charge on any atom is 0.309 e. The summed E-state index contributed by atoms with van der Waals surface area (Å²) in [4.78, 5) is 31.9. The first-order valence-corrected chi connectivity index (χ1v) is 12.7. The van der Waals surface area contributed by atoms with Crippen LogP contribution in [0.5, 0.6) is 0 Å². The van der Waals surface area contributed by atoms with Gasteiger partial charge in [-0.15, -0.1) is 0 Å². The van der Waals surface area contributed by atoms with Gasteiger partial charge in [-0.25, -0.2) is 4.98 Å². The average Bonchev–Trinajstić information content (AvgIpc) is 3.38. The molecule has 0 bridgehead atoms. The summed E-state index contributed by atoms with van der Waals surface area (Å²) in [6, 6.07) is 19.9. The molecule has 1 N–H and O–H groups in total. The van der Waals surface area contributed by atoms with E-state index in [1.54, 1.807) is 18.5 Å². The lowest BCUT2D eigenvalue weighted by molar-refractivity contribution is -0.149. The second-order valence-electron chi connectivity index (χ2n) is 9.51. The van der Waals surface area contributed by atoms with E-state index < -0.39 is 0 Å². The number of likely N-dealkylation sites (tertiary alicyclic amines) is 1. The van der Waals surface area contributed by atoms with Crippen molar-refractivity contribution in [1.82, 2.24) is 19.8 Å². The molecule has 1 fully saturated rings. The van der Waals surface area contributed by atoms with Gasteiger partial charge in [0.1, 0.15) is 0 Å². The molecule has 192 valence electrons. The lowest BCUT2D eigenvalue weighted by Gasteiger charge is -2.36. The highest BCUT2D eigenvalue weighted by Crippen LogP contribution is 2.24. The van der Waals surface area contributed by atoms with Crippen LogP contribution in [0.4, 0.5) is 0 Å². The molecule has 1 amide bonds. The number of ether oxygens (including phenoxy) is 1. The van der Waals surface area contributed by atoms with Gasteiger partial charge in [-0.3, -0.25) is 9.59 Å². The fraction of sp³-hybridized carbons (Fsp3) is 0.379. The molecule has 2 heterocycles. The van der Waals surface area contributed by atoms with E-state index in [9.17, 15) is 9.59 Å². The molecule has 0 radical (unpaired) electrons. The van der Waals surface area contributed by atoms with E-state index in [1.807, 2.05) is 41.1 Å². The molecule has 8 heteroatoms. The number of benzene rings is 2. The molecule has 1 aliphatic heterocycles. The van der Waals surface area contributed by atoms with Gasteiger partial charge in [0, 0.05) is 51.0 Å². The Morgan fingerprint density at radius 1 is 1.05 bits per heavy atom. The lowest BCUT2D eigenvalue weighted by atomic mass is 9.88. The van der Waals surface area contributed by atoms with Gasteiger partial charge in [0.2, 0.25) is 5.91 Å². The normalized spacial score (nSPS) is 17.6. The molecule has 2 aromatic carbocycles. The van der Waals surface area contributed by atoms with Gasteiger partial charge in [-0.05, 0) is 36.1 Å². The van der Waals surface area contributed by atoms with E-state index in [2.05, 4.69) is 33.4 Å². The predicted molar refractivity (Wildman–Crippen MR) is 139 cm³/mol. The van der Waals surface area contributed by atoms with Crippen molar-refractivity contribution in [2.24, 2.45) is 11.8 Å². The predicted octanol–water partition coefficient (Wildman–Crippen LogP) is 2.82. The van der Waals surface area contributed by atoms with Gasteiger partial charge < -0.3 is 19.5 Å². The summed E-state index contributed by atoms with van der Waals surface area (Å²) in [5, 5.41) is 12.1. The second kappa shape index (κ2) is 12.8. The van der Waals surface area contributed by atoms with Gasteiger partial charge in [0.25, 0.3) is 0 Å². The average molecular weight is 500 g/mol. The minimum absolute atomic E-state index is 0.0310. The molecule has 2 atom stereocenters. The number of carbonyl (C=O) groups excluding carboxylic acids is 2. The molecule has 0 aliphatic carbocycles. The molecule has 1 saturated heterocycles. The van der Waals surface area contributed by atoms with Crippen LogP contribution in [0, 0.1) is 23.2 Å². The summed E-state index contributed by atoms with van der Waals surface area (Å²) in [6.45, 7) is 3.16. The number of methoxy groups -OCH3 is 1. The highest BCUT2D eigenvalue weighted by molar-refractivity contribution is 5.80. The largest absolute Gasteiger partial charge is 0.469 e. The number of imidazole rings is 1. The number of hydrogen-bond donors (Lipinski definition) is 1. The molecular weight excluding hydrogens is 466 g/mol. The monoisotopic (exact) mass is 499 g/mol. The Balaban J connectivity index is 1.31. The van der Waals surface area contributed by atoms with E-state index in [4.69, 9.17) is 10.00 Å². The minimum Gasteiger partial charge on any atom is -0.469 e. The zero-order valence-corrected chi connectivity index (χ0v) is 21.2. The number of esters is 1. The van der Waals surface area contributed by atoms with E-state index in [0.29, 0.717) is 44.6 Å². The van der Waals surface area contributed by atoms with E-state index in [0.717, 1.165) is 24.2 Å². The Kier molecular flexibility index (Phi) is 9.06. The third kappa shape index (κ3) is 7.28. The van der Waals surface area contributed by atoms with Crippen LogP contribution in [0.15, 0.2) is 67.1 Å². The molecule has 8 nitrogen and oxygen atoms in total. The maximum atomic E-state index is 13.1. The van der Waals surface area contributed by atoms with Gasteiger partial charge in [-0.1, -0.05) is 42.5 Å². The summed E-state index contributed by atoms with van der Waals surface area (Å²) in [5.41, 5.74) is 3.97. The summed E-state index contributed by atoms with van der Waals surface area (Å²) in [7, 11) is 1.40. The summed E-state index contributed by atoms with van der Waals surface area (Å²) < 4.78 is 7.06. The topological polar surface area (TPSA) is 100 Å². The Morgan fingerprint density at radius 3 is 2.54 bits per heavy atom. The van der Waals surface area contributed by atoms with Gasteiger partial charge in [-0.2, -0.15) is 5.26 Å². The second-order valence-corrected chi connectivity index (χ2v) is 9.51. The minimum atomic E-state index is -0.306. The Bertz CT molecular complexity index is 1220. The molecule has 37 heavy (non-hydrogen) atoms. The smallest absolute Gasteiger partial charge is 0.309 e. The summed E-state index contributed by atoms with van der Waals surface area (Å²) in [5.74, 6) is -0.860. The number of rotatable bonds is 10. The van der Waals surface area contributed by atoms with Crippen molar-refractivity contribution in [3.8, 4) is 6.07 Å². The highest BCUT2D eigenvalue weighted by atomic mass is 16.5. The Labute approximate surface area is 217 Å². The third-order valence-corrected chi connectivity index (χ3v) is 6.91. The SMILES string of the molecule is COC(=O)C1CC(C(=O)NCCc2cncn2Cc2ccc(C#N)cc2)CN(CCc2ccccc2)C1. The molecule has 0 spiro atoms.